The molecule has 0 aromatic heterocycles. The summed E-state index contributed by atoms with van der Waals surface area (Å²) in [7, 11) is -4.69. The molecular formula is C33H36F5N3O4S. The zero-order valence-electron chi connectivity index (χ0n) is 25.0. The van der Waals surface area contributed by atoms with Crippen LogP contribution >= 0.6 is 0 Å². The van der Waals surface area contributed by atoms with Crippen LogP contribution in [0.4, 0.5) is 22.0 Å². The van der Waals surface area contributed by atoms with Gasteiger partial charge in [-0.3, -0.25) is 4.79 Å². The molecule has 1 heterocycles. The van der Waals surface area contributed by atoms with Gasteiger partial charge in [0.1, 0.15) is 5.75 Å². The monoisotopic (exact) mass is 665 g/mol. The minimum Gasteiger partial charge on any atom is -0.490 e. The van der Waals surface area contributed by atoms with Crippen LogP contribution in [-0.4, -0.2) is 56.7 Å². The highest BCUT2D eigenvalue weighted by atomic mass is 32.2. The number of alkyl halides is 5. The highest BCUT2D eigenvalue weighted by Crippen LogP contribution is 2.59. The fraction of sp³-hybridized carbons (Fsp3) is 0.485. The molecule has 3 aromatic carbocycles. The smallest absolute Gasteiger partial charge is 0.398 e. The van der Waals surface area contributed by atoms with Gasteiger partial charge in [-0.25, -0.2) is 8.42 Å². The van der Waals surface area contributed by atoms with Crippen molar-refractivity contribution in [2.75, 3.05) is 13.1 Å². The number of hydrogen-bond donors (Lipinski definition) is 2. The average Bonchev–Trinajstić information content (AvgIpc) is 3.70. The third-order valence-electron chi connectivity index (χ3n) is 9.55. The van der Waals surface area contributed by atoms with Crippen molar-refractivity contribution >= 4 is 26.7 Å². The van der Waals surface area contributed by atoms with Crippen LogP contribution in [0.5, 0.6) is 5.75 Å². The molecule has 46 heavy (non-hydrogen) atoms. The number of nitrogens with one attached hydrogen (secondary N) is 1. The lowest BCUT2D eigenvalue weighted by molar-refractivity contribution is -0.160. The number of piperidine rings is 1. The number of likely N-dealkylation sites (tertiary alicyclic amines) is 1. The molecule has 1 saturated heterocycles. The lowest BCUT2D eigenvalue weighted by Gasteiger charge is -2.35. The third-order valence-corrected chi connectivity index (χ3v) is 11.0. The first kappa shape index (κ1) is 32.6. The van der Waals surface area contributed by atoms with Gasteiger partial charge in [0.05, 0.1) is 16.4 Å². The lowest BCUT2D eigenvalue weighted by atomic mass is 9.92. The van der Waals surface area contributed by atoms with Crippen LogP contribution in [0.25, 0.3) is 10.8 Å². The Morgan fingerprint density at radius 1 is 0.891 bits per heavy atom. The van der Waals surface area contributed by atoms with E-state index in [2.05, 4.69) is 0 Å². The molecular weight excluding hydrogens is 629 g/mol. The Balaban J connectivity index is 1.29. The minimum absolute atomic E-state index is 0.0581. The van der Waals surface area contributed by atoms with Crippen molar-refractivity contribution in [2.24, 2.45) is 5.73 Å². The molecule has 3 fully saturated rings. The maximum absolute atomic E-state index is 16.3. The Bertz CT molecular complexity index is 1700. The molecule has 0 unspecified atom stereocenters. The third kappa shape index (κ3) is 6.33. The number of carbonyl (C=O) groups excluding carboxylic acids is 1. The Hall–Kier alpha value is -3.29. The zero-order valence-corrected chi connectivity index (χ0v) is 25.8. The largest absolute Gasteiger partial charge is 0.490 e. The number of halogens is 5. The number of nitrogens with zero attached hydrogens (tertiary/aromatic N) is 1. The van der Waals surface area contributed by atoms with Crippen LogP contribution in [0.1, 0.15) is 62.5 Å². The van der Waals surface area contributed by atoms with Crippen molar-refractivity contribution in [3.63, 3.8) is 0 Å². The van der Waals surface area contributed by atoms with Gasteiger partial charge in [0, 0.05) is 24.7 Å². The second-order valence-corrected chi connectivity index (χ2v) is 14.4. The number of fused-ring (bicyclic) bond motifs is 1. The van der Waals surface area contributed by atoms with Crippen LogP contribution in [0.3, 0.4) is 0 Å². The summed E-state index contributed by atoms with van der Waals surface area (Å²) in [6.45, 7) is 0.116. The number of nitrogens with two attached hydrogens (primary N) is 1. The van der Waals surface area contributed by atoms with Gasteiger partial charge < -0.3 is 15.4 Å². The van der Waals surface area contributed by atoms with Crippen LogP contribution in [0, 0.1) is 0 Å². The van der Waals surface area contributed by atoms with Gasteiger partial charge in [-0.05, 0) is 92.0 Å². The van der Waals surface area contributed by atoms with Crippen molar-refractivity contribution in [1.82, 2.24) is 9.62 Å². The summed E-state index contributed by atoms with van der Waals surface area (Å²) in [5.74, 6) is -4.61. The fourth-order valence-electron chi connectivity index (χ4n) is 6.49. The van der Waals surface area contributed by atoms with Gasteiger partial charge >= 0.3 is 6.18 Å². The van der Waals surface area contributed by atoms with Crippen LogP contribution in [-0.2, 0) is 26.2 Å². The first-order chi connectivity index (χ1) is 21.7. The molecule has 0 spiro atoms. The fourth-order valence-corrected chi connectivity index (χ4v) is 7.71. The van der Waals surface area contributed by atoms with E-state index in [1.54, 1.807) is 24.3 Å². The highest BCUT2D eigenvalue weighted by molar-refractivity contribution is 7.89. The molecule has 6 rings (SSSR count). The number of ether oxygens (including phenoxy) is 1. The molecule has 3 N–H and O–H groups in total. The molecule has 1 amide bonds. The number of rotatable bonds is 9. The summed E-state index contributed by atoms with van der Waals surface area (Å²) in [6, 6.07) is 10.2. The summed E-state index contributed by atoms with van der Waals surface area (Å²) in [5.41, 5.74) is 2.91. The van der Waals surface area contributed by atoms with Crippen molar-refractivity contribution < 1.29 is 39.9 Å². The van der Waals surface area contributed by atoms with E-state index in [9.17, 15) is 26.4 Å². The second-order valence-electron chi connectivity index (χ2n) is 12.7. The van der Waals surface area contributed by atoms with Crippen molar-refractivity contribution in [3.05, 3.63) is 71.8 Å². The zero-order chi connectivity index (χ0) is 32.9. The molecule has 1 atom stereocenters. The number of sulfonamides is 1. The summed E-state index contributed by atoms with van der Waals surface area (Å²) >= 11 is 0. The Labute approximate surface area is 264 Å². The van der Waals surface area contributed by atoms with Gasteiger partial charge in [-0.2, -0.15) is 26.7 Å². The van der Waals surface area contributed by atoms with Gasteiger partial charge in [0.2, 0.25) is 15.9 Å². The van der Waals surface area contributed by atoms with Crippen molar-refractivity contribution in [2.45, 2.75) is 92.0 Å². The SMILES string of the molecule is NC1CCN(C(=O)[C@H](NS(=O)(=O)c2ccc3cc(OC4CCCC4)ccc3c2)C(F)(F)c2ccc(C3(C(F)(F)F)CC3)cc2)CC1. The first-order valence-electron chi connectivity index (χ1n) is 15.5. The first-order valence-corrected chi connectivity index (χ1v) is 17.0. The molecule has 2 aliphatic carbocycles. The van der Waals surface area contributed by atoms with Crippen molar-refractivity contribution in [1.29, 1.82) is 0 Å². The summed E-state index contributed by atoms with van der Waals surface area (Å²) < 4.78 is 109. The van der Waals surface area contributed by atoms with Gasteiger partial charge in [-0.1, -0.05) is 36.4 Å². The predicted octanol–water partition coefficient (Wildman–Crippen LogP) is 6.14. The molecule has 248 valence electrons. The van der Waals surface area contributed by atoms with E-state index in [4.69, 9.17) is 10.5 Å². The van der Waals surface area contributed by atoms with E-state index in [0.29, 0.717) is 29.4 Å². The Morgan fingerprint density at radius 3 is 2.11 bits per heavy atom. The summed E-state index contributed by atoms with van der Waals surface area (Å²) in [5, 5.41) is 1.21. The highest BCUT2D eigenvalue weighted by Gasteiger charge is 2.64. The number of carbonyl (C=O) groups is 1. The number of hydrogen-bond acceptors (Lipinski definition) is 5. The maximum atomic E-state index is 16.3. The standard InChI is InChI=1S/C33H36F5N3O4S/c34-32(35,24-9-7-23(8-10-24)31(15-16-31)33(36,37)38)29(30(42)41-17-13-25(39)14-18-41)40-46(43,44)28-12-6-21-19-27(11-5-22(21)20-28)45-26-3-1-2-4-26/h5-12,19-20,25-26,29,40H,1-4,13-18,39H2/t29-/m0/s1. The average molecular weight is 666 g/mol. The van der Waals surface area contributed by atoms with E-state index in [-0.39, 0.29) is 48.5 Å². The van der Waals surface area contributed by atoms with E-state index in [1.807, 2.05) is 4.72 Å². The predicted molar refractivity (Wildman–Crippen MR) is 162 cm³/mol. The molecule has 7 nitrogen and oxygen atoms in total. The van der Waals surface area contributed by atoms with Gasteiger partial charge in [0.15, 0.2) is 6.04 Å². The molecule has 3 aromatic rings. The molecule has 3 aliphatic rings. The quantitative estimate of drug-likeness (QED) is 0.268. The van der Waals surface area contributed by atoms with E-state index >= 15 is 8.78 Å². The molecule has 0 bridgehead atoms. The van der Waals surface area contributed by atoms with Crippen LogP contribution in [0.2, 0.25) is 0 Å². The van der Waals surface area contributed by atoms with E-state index < -0.39 is 45.0 Å². The second kappa shape index (κ2) is 12.1. The number of benzene rings is 3. The molecule has 1 aliphatic heterocycles. The Kier molecular flexibility index (Phi) is 8.56. The molecule has 0 radical (unpaired) electrons. The number of amides is 1. The molecule has 2 saturated carbocycles. The van der Waals surface area contributed by atoms with E-state index in [1.165, 1.54) is 12.1 Å². The molecule has 13 heteroatoms. The van der Waals surface area contributed by atoms with E-state index in [0.717, 1.165) is 54.8 Å². The minimum atomic E-state index is -4.69. The van der Waals surface area contributed by atoms with Gasteiger partial charge in [0.25, 0.3) is 5.92 Å². The maximum Gasteiger partial charge on any atom is 0.398 e. The summed E-state index contributed by atoms with van der Waals surface area (Å²) in [6.07, 6.45) is 0.130. The Morgan fingerprint density at radius 2 is 1.50 bits per heavy atom. The van der Waals surface area contributed by atoms with Crippen molar-refractivity contribution in [3.8, 4) is 5.75 Å². The normalized spacial score (nSPS) is 20.2. The summed E-state index contributed by atoms with van der Waals surface area (Å²) in [4.78, 5) is 14.4. The van der Waals surface area contributed by atoms with Crippen LogP contribution in [0.15, 0.2) is 65.6 Å². The topological polar surface area (TPSA) is 102 Å². The van der Waals surface area contributed by atoms with Gasteiger partial charge in [-0.15, -0.1) is 0 Å². The van der Waals surface area contributed by atoms with Crippen LogP contribution < -0.4 is 15.2 Å². The lowest BCUT2D eigenvalue weighted by Crippen LogP contribution is -2.58.